The van der Waals surface area contributed by atoms with E-state index in [9.17, 15) is 9.59 Å². The first-order valence-electron chi connectivity index (χ1n) is 10.4. The number of ether oxygens (including phenoxy) is 1. The third kappa shape index (κ3) is 4.45. The van der Waals surface area contributed by atoms with Crippen LogP contribution in [0.2, 0.25) is 0 Å². The van der Waals surface area contributed by atoms with Crippen LogP contribution in [-0.2, 0) is 17.8 Å². The third-order valence-corrected chi connectivity index (χ3v) is 6.23. The molecule has 2 aromatic heterocycles. The van der Waals surface area contributed by atoms with Crippen LogP contribution in [0, 0.1) is 6.92 Å². The highest BCUT2D eigenvalue weighted by Crippen LogP contribution is 2.33. The molecule has 9 nitrogen and oxygen atoms in total. The smallest absolute Gasteiger partial charge is 0.276 e. The average molecular weight is 443 g/mol. The Labute approximate surface area is 184 Å². The van der Waals surface area contributed by atoms with Crippen LogP contribution in [-0.4, -0.2) is 50.1 Å². The molecule has 0 fully saturated rings. The van der Waals surface area contributed by atoms with Gasteiger partial charge in [0.05, 0.1) is 16.7 Å². The predicted octanol–water partition coefficient (Wildman–Crippen LogP) is 2.81. The van der Waals surface area contributed by atoms with E-state index >= 15 is 0 Å². The molecular formula is C21H26N6O3S. The van der Waals surface area contributed by atoms with Gasteiger partial charge in [0.1, 0.15) is 5.69 Å². The Morgan fingerprint density at radius 3 is 2.84 bits per heavy atom. The summed E-state index contributed by atoms with van der Waals surface area (Å²) in [5.41, 5.74) is 8.74. The molecule has 1 aromatic carbocycles. The SMILES string of the molecule is CCn1nc(C)cc1C(=O)Nc1nc2cc(C(N)=O)cc3c2n1CCCOCCCS3. The molecule has 0 aliphatic carbocycles. The first kappa shape index (κ1) is 21.4. The Bertz CT molecular complexity index is 1140. The normalized spacial score (nSPS) is 14.9. The minimum atomic E-state index is -0.501. The van der Waals surface area contributed by atoms with Gasteiger partial charge in [-0.1, -0.05) is 0 Å². The fraction of sp³-hybridized carbons (Fsp3) is 0.429. The quantitative estimate of drug-likeness (QED) is 0.642. The molecule has 0 saturated heterocycles. The van der Waals surface area contributed by atoms with Crippen molar-refractivity contribution in [3.63, 3.8) is 0 Å². The van der Waals surface area contributed by atoms with Gasteiger partial charge in [0.25, 0.3) is 5.91 Å². The molecule has 3 N–H and O–H groups in total. The fourth-order valence-corrected chi connectivity index (χ4v) is 4.74. The van der Waals surface area contributed by atoms with E-state index in [2.05, 4.69) is 15.4 Å². The summed E-state index contributed by atoms with van der Waals surface area (Å²) in [7, 11) is 0. The first-order chi connectivity index (χ1) is 15.0. The zero-order valence-corrected chi connectivity index (χ0v) is 18.5. The monoisotopic (exact) mass is 442 g/mol. The Morgan fingerprint density at radius 1 is 1.26 bits per heavy atom. The van der Waals surface area contributed by atoms with E-state index in [1.54, 1.807) is 28.6 Å². The van der Waals surface area contributed by atoms with E-state index < -0.39 is 5.91 Å². The number of thioether (sulfide) groups is 1. The highest BCUT2D eigenvalue weighted by atomic mass is 32.2. The van der Waals surface area contributed by atoms with Crippen molar-refractivity contribution in [2.75, 3.05) is 24.3 Å². The number of amides is 2. The lowest BCUT2D eigenvalue weighted by Gasteiger charge is -2.12. The van der Waals surface area contributed by atoms with E-state index in [0.29, 0.717) is 49.0 Å². The van der Waals surface area contributed by atoms with Crippen LogP contribution in [0.25, 0.3) is 11.0 Å². The van der Waals surface area contributed by atoms with Gasteiger partial charge in [-0.25, -0.2) is 4.98 Å². The number of hydrogen-bond donors (Lipinski definition) is 2. The van der Waals surface area contributed by atoms with Crippen LogP contribution in [0.15, 0.2) is 23.1 Å². The summed E-state index contributed by atoms with van der Waals surface area (Å²) in [6.07, 6.45) is 1.69. The fourth-order valence-electron chi connectivity index (χ4n) is 3.70. The van der Waals surface area contributed by atoms with Crippen LogP contribution >= 0.6 is 11.8 Å². The van der Waals surface area contributed by atoms with Gasteiger partial charge in [-0.15, -0.1) is 11.8 Å². The largest absolute Gasteiger partial charge is 0.381 e. The molecule has 4 rings (SSSR count). The number of aryl methyl sites for hydroxylation is 3. The molecule has 0 atom stereocenters. The van der Waals surface area contributed by atoms with Crippen LogP contribution in [0.3, 0.4) is 0 Å². The van der Waals surface area contributed by atoms with Crippen molar-refractivity contribution >= 4 is 40.6 Å². The maximum Gasteiger partial charge on any atom is 0.276 e. The molecule has 0 radical (unpaired) electrons. The second-order valence-electron chi connectivity index (χ2n) is 7.40. The summed E-state index contributed by atoms with van der Waals surface area (Å²) < 4.78 is 9.36. The van der Waals surface area contributed by atoms with Gasteiger partial charge in [0.15, 0.2) is 0 Å². The van der Waals surface area contributed by atoms with E-state index in [0.717, 1.165) is 34.7 Å². The van der Waals surface area contributed by atoms with Gasteiger partial charge in [-0.2, -0.15) is 5.10 Å². The minimum Gasteiger partial charge on any atom is -0.381 e. The van der Waals surface area contributed by atoms with E-state index in [-0.39, 0.29) is 5.91 Å². The maximum atomic E-state index is 13.0. The van der Waals surface area contributed by atoms with E-state index in [1.165, 1.54) is 0 Å². The highest BCUT2D eigenvalue weighted by Gasteiger charge is 2.21. The topological polar surface area (TPSA) is 117 Å². The van der Waals surface area contributed by atoms with Crippen molar-refractivity contribution in [2.24, 2.45) is 5.73 Å². The molecule has 164 valence electrons. The highest BCUT2D eigenvalue weighted by molar-refractivity contribution is 7.99. The molecule has 2 amide bonds. The van der Waals surface area contributed by atoms with Crippen molar-refractivity contribution < 1.29 is 14.3 Å². The molecule has 3 aromatic rings. The molecule has 31 heavy (non-hydrogen) atoms. The standard InChI is InChI=1S/C21H26N6O3S/c1-3-27-16(10-13(2)25-27)20(29)24-21-23-15-11-14(19(22)28)12-17-18(15)26(21)6-4-7-30-8-5-9-31-17/h10-12H,3-9H2,1-2H3,(H2,22,28)(H,23,24,29). The molecule has 0 unspecified atom stereocenters. The lowest BCUT2D eigenvalue weighted by molar-refractivity contribution is 0.0995. The molecular weight excluding hydrogens is 416 g/mol. The first-order valence-corrected chi connectivity index (χ1v) is 11.4. The van der Waals surface area contributed by atoms with Crippen LogP contribution in [0.1, 0.15) is 46.3 Å². The van der Waals surface area contributed by atoms with Gasteiger partial charge >= 0.3 is 0 Å². The Balaban J connectivity index is 1.79. The van der Waals surface area contributed by atoms with Crippen molar-refractivity contribution in [3.05, 3.63) is 35.2 Å². The summed E-state index contributed by atoms with van der Waals surface area (Å²) in [5, 5.41) is 7.30. The number of carbonyl (C=O) groups is 2. The number of nitrogens with zero attached hydrogens (tertiary/aromatic N) is 4. The molecule has 0 saturated carbocycles. The number of anilines is 1. The summed E-state index contributed by atoms with van der Waals surface area (Å²) in [6.45, 7) is 6.34. The predicted molar refractivity (Wildman–Crippen MR) is 120 cm³/mol. The Hall–Kier alpha value is -2.85. The molecule has 1 aliphatic rings. The van der Waals surface area contributed by atoms with Crippen LogP contribution in [0.5, 0.6) is 0 Å². The number of rotatable bonds is 4. The second-order valence-corrected chi connectivity index (χ2v) is 8.54. The summed E-state index contributed by atoms with van der Waals surface area (Å²) in [5.74, 6) is 0.506. The van der Waals surface area contributed by atoms with Gasteiger partial charge in [-0.05, 0) is 44.9 Å². The third-order valence-electron chi connectivity index (χ3n) is 5.11. The van der Waals surface area contributed by atoms with Gasteiger partial charge in [0.2, 0.25) is 11.9 Å². The summed E-state index contributed by atoms with van der Waals surface area (Å²) in [4.78, 5) is 30.5. The average Bonchev–Trinajstić information content (AvgIpc) is 3.27. The second kappa shape index (κ2) is 9.11. The Morgan fingerprint density at radius 2 is 2.06 bits per heavy atom. The number of nitrogens with two attached hydrogens (primary N) is 1. The molecule has 1 aliphatic heterocycles. The number of nitrogens with one attached hydrogen (secondary N) is 1. The lowest BCUT2D eigenvalue weighted by Crippen LogP contribution is -2.20. The number of hydrogen-bond acceptors (Lipinski definition) is 6. The van der Waals surface area contributed by atoms with Crippen molar-refractivity contribution in [1.29, 1.82) is 0 Å². The van der Waals surface area contributed by atoms with Crippen LogP contribution in [0.4, 0.5) is 5.95 Å². The van der Waals surface area contributed by atoms with Crippen molar-refractivity contribution in [3.8, 4) is 0 Å². The number of aromatic nitrogens is 4. The zero-order chi connectivity index (χ0) is 22.0. The summed E-state index contributed by atoms with van der Waals surface area (Å²) in [6, 6.07) is 5.26. The van der Waals surface area contributed by atoms with Crippen LogP contribution < -0.4 is 11.1 Å². The van der Waals surface area contributed by atoms with E-state index in [4.69, 9.17) is 10.5 Å². The molecule has 0 bridgehead atoms. The van der Waals surface area contributed by atoms with Crippen molar-refractivity contribution in [2.45, 2.75) is 44.7 Å². The molecule has 0 spiro atoms. The van der Waals surface area contributed by atoms with Gasteiger partial charge < -0.3 is 15.0 Å². The number of benzene rings is 1. The molecule has 3 heterocycles. The zero-order valence-electron chi connectivity index (χ0n) is 17.7. The lowest BCUT2D eigenvalue weighted by atomic mass is 10.2. The molecule has 10 heteroatoms. The van der Waals surface area contributed by atoms with Crippen molar-refractivity contribution in [1.82, 2.24) is 19.3 Å². The number of primary amides is 1. The minimum absolute atomic E-state index is 0.274. The van der Waals surface area contributed by atoms with Gasteiger partial charge in [0, 0.05) is 42.5 Å². The van der Waals surface area contributed by atoms with Gasteiger partial charge in [-0.3, -0.25) is 19.6 Å². The van der Waals surface area contributed by atoms with E-state index in [1.807, 2.05) is 24.5 Å². The maximum absolute atomic E-state index is 13.0. The number of imidazole rings is 1. The Kier molecular flexibility index (Phi) is 6.28. The summed E-state index contributed by atoms with van der Waals surface area (Å²) >= 11 is 1.64. The number of carbonyl (C=O) groups excluding carboxylic acids is 2.